The lowest BCUT2D eigenvalue weighted by Gasteiger charge is -2.16. The van der Waals surface area contributed by atoms with Crippen LogP contribution in [0.15, 0.2) is 4.99 Å². The average molecular weight is 350 g/mol. The third-order valence-corrected chi connectivity index (χ3v) is 3.75. The number of halogens is 1. The van der Waals surface area contributed by atoms with Gasteiger partial charge in [-0.1, -0.05) is 64.7 Å². The molecule has 0 unspecified atom stereocenters. The summed E-state index contributed by atoms with van der Waals surface area (Å²) in [6, 6.07) is 0. The van der Waals surface area contributed by atoms with Crippen molar-refractivity contribution in [1.29, 1.82) is 0 Å². The first-order chi connectivity index (χ1) is 9.84. The van der Waals surface area contributed by atoms with Gasteiger partial charge in [0.1, 0.15) is 0 Å². The summed E-state index contributed by atoms with van der Waals surface area (Å²) in [4.78, 5) is 6.41. The largest absolute Gasteiger partial charge is 0.370 e. The highest BCUT2D eigenvalue weighted by Gasteiger charge is 2.11. The Morgan fingerprint density at radius 1 is 1.00 bits per heavy atom. The maximum absolute atomic E-state index is 6.81. The number of hydrogen-bond donors (Lipinski definition) is 2. The second-order valence-electron chi connectivity index (χ2n) is 5.41. The molecule has 0 fully saturated rings. The van der Waals surface area contributed by atoms with E-state index in [4.69, 9.17) is 9.93 Å². The van der Waals surface area contributed by atoms with Gasteiger partial charge in [-0.15, -0.1) is 0 Å². The van der Waals surface area contributed by atoms with E-state index in [-0.39, 0.29) is 0 Å². The van der Waals surface area contributed by atoms with Crippen molar-refractivity contribution in [2.45, 2.75) is 71.1 Å². The van der Waals surface area contributed by atoms with E-state index in [1.54, 1.807) is 0 Å². The molecule has 0 aromatic carbocycles. The Morgan fingerprint density at radius 3 is 1.95 bits per heavy atom. The Bertz CT molecular complexity index is 237. The monoisotopic (exact) mass is 349 g/mol. The Balaban J connectivity index is 0.00000172. The van der Waals surface area contributed by atoms with Crippen LogP contribution in [0, 0.1) is 0 Å². The number of nitrogens with zero attached hydrogens (tertiary/aromatic N) is 2. The average Bonchev–Trinajstić information content (AvgIpc) is 2.89. The fourth-order valence-electron chi connectivity index (χ4n) is 2.52. The van der Waals surface area contributed by atoms with Gasteiger partial charge in [-0.3, -0.25) is 4.99 Å². The lowest BCUT2D eigenvalue weighted by Crippen LogP contribution is -2.34. The van der Waals surface area contributed by atoms with Crippen molar-refractivity contribution in [2.75, 3.05) is 19.6 Å². The zero-order valence-corrected chi connectivity index (χ0v) is 14.6. The fraction of sp³-hybridized carbons (Fsp3) is 0.933. The summed E-state index contributed by atoms with van der Waals surface area (Å²) in [5, 5.41) is 0. The van der Waals surface area contributed by atoms with Gasteiger partial charge in [0.15, 0.2) is 5.96 Å². The molecule has 0 atom stereocenters. The van der Waals surface area contributed by atoms with E-state index in [0.717, 1.165) is 25.6 Å². The number of aliphatic imine (C=N–C) groups is 1. The highest BCUT2D eigenvalue weighted by Crippen LogP contribution is 2.11. The quantitative estimate of drug-likeness (QED) is 0.557. The molecule has 4 nitrogen and oxygen atoms in total. The van der Waals surface area contributed by atoms with Crippen LogP contribution in [-0.2, 0) is 0 Å². The number of nitrogens with two attached hydrogens (primary N) is 1. The molecule has 0 saturated carbocycles. The SMILES string of the molecule is CCCCCCCCCCCCN1CCN=C1N.OBr. The van der Waals surface area contributed by atoms with Crippen LogP contribution < -0.4 is 5.73 Å². The predicted octanol–water partition coefficient (Wildman–Crippen LogP) is 3.83. The molecule has 1 aliphatic heterocycles. The van der Waals surface area contributed by atoms with E-state index in [1.165, 1.54) is 64.2 Å². The van der Waals surface area contributed by atoms with Gasteiger partial charge in [0.2, 0.25) is 0 Å². The summed E-state index contributed by atoms with van der Waals surface area (Å²) in [7, 11) is 0. The van der Waals surface area contributed by atoms with Gasteiger partial charge in [0.25, 0.3) is 0 Å². The molecule has 20 heavy (non-hydrogen) atoms. The molecule has 0 spiro atoms. The maximum atomic E-state index is 6.81. The van der Waals surface area contributed by atoms with E-state index in [0.29, 0.717) is 0 Å². The molecule has 0 aromatic rings. The van der Waals surface area contributed by atoms with Crippen molar-refractivity contribution in [1.82, 2.24) is 4.90 Å². The molecule has 0 radical (unpaired) electrons. The number of hydrogen-bond acceptors (Lipinski definition) is 4. The van der Waals surface area contributed by atoms with Crippen molar-refractivity contribution in [2.24, 2.45) is 10.7 Å². The molecule has 1 rings (SSSR count). The second-order valence-corrected chi connectivity index (χ2v) is 5.41. The normalized spacial score (nSPS) is 13.9. The minimum absolute atomic E-state index is 0.755. The summed E-state index contributed by atoms with van der Waals surface area (Å²) >= 11 is 1.94. The highest BCUT2D eigenvalue weighted by molar-refractivity contribution is 9.05. The molecule has 0 saturated heterocycles. The Hall–Kier alpha value is -0.290. The summed E-state index contributed by atoms with van der Waals surface area (Å²) in [5.41, 5.74) is 5.78. The molecule has 1 aliphatic rings. The molecule has 0 aliphatic carbocycles. The minimum Gasteiger partial charge on any atom is -0.370 e. The van der Waals surface area contributed by atoms with Crippen molar-refractivity contribution in [3.63, 3.8) is 0 Å². The minimum atomic E-state index is 0.755. The van der Waals surface area contributed by atoms with E-state index in [1.807, 2.05) is 16.3 Å². The highest BCUT2D eigenvalue weighted by atomic mass is 79.9. The van der Waals surface area contributed by atoms with Crippen LogP contribution in [0.4, 0.5) is 0 Å². The van der Waals surface area contributed by atoms with Crippen molar-refractivity contribution in [3.05, 3.63) is 0 Å². The van der Waals surface area contributed by atoms with Crippen LogP contribution in [0.25, 0.3) is 0 Å². The summed E-state index contributed by atoms with van der Waals surface area (Å²) < 4.78 is 6.81. The summed E-state index contributed by atoms with van der Waals surface area (Å²) in [5.74, 6) is 0.755. The van der Waals surface area contributed by atoms with Crippen LogP contribution >= 0.6 is 16.3 Å². The topological polar surface area (TPSA) is 61.8 Å². The Morgan fingerprint density at radius 2 is 1.50 bits per heavy atom. The van der Waals surface area contributed by atoms with Crippen molar-refractivity contribution >= 4 is 22.2 Å². The molecule has 3 N–H and O–H groups in total. The molecule has 120 valence electrons. The van der Waals surface area contributed by atoms with Crippen LogP contribution in [-0.4, -0.2) is 34.7 Å². The van der Waals surface area contributed by atoms with Crippen LogP contribution in [0.1, 0.15) is 71.1 Å². The van der Waals surface area contributed by atoms with Gasteiger partial charge in [-0.05, 0) is 6.42 Å². The number of guanidine groups is 1. The molecule has 0 aromatic heterocycles. The zero-order valence-electron chi connectivity index (χ0n) is 13.0. The number of unbranched alkanes of at least 4 members (excludes halogenated alkanes) is 9. The smallest absolute Gasteiger partial charge is 0.191 e. The van der Waals surface area contributed by atoms with Crippen LogP contribution in [0.3, 0.4) is 0 Å². The first-order valence-corrected chi connectivity index (χ1v) is 8.77. The second kappa shape index (κ2) is 15.1. The Kier molecular flexibility index (Phi) is 14.9. The zero-order chi connectivity index (χ0) is 15.1. The molecule has 0 bridgehead atoms. The maximum Gasteiger partial charge on any atom is 0.191 e. The lowest BCUT2D eigenvalue weighted by molar-refractivity contribution is 0.427. The van der Waals surface area contributed by atoms with Gasteiger partial charge in [-0.25, -0.2) is 0 Å². The van der Waals surface area contributed by atoms with E-state index in [2.05, 4.69) is 16.8 Å². The van der Waals surface area contributed by atoms with Gasteiger partial charge in [-0.2, -0.15) is 0 Å². The Labute approximate surface area is 133 Å². The van der Waals surface area contributed by atoms with Gasteiger partial charge in [0, 0.05) is 13.1 Å². The van der Waals surface area contributed by atoms with Crippen molar-refractivity contribution < 1.29 is 4.20 Å². The van der Waals surface area contributed by atoms with Crippen LogP contribution in [0.2, 0.25) is 0 Å². The lowest BCUT2D eigenvalue weighted by atomic mass is 10.1. The summed E-state index contributed by atoms with van der Waals surface area (Å²) in [6.07, 6.45) is 13.9. The fourth-order valence-corrected chi connectivity index (χ4v) is 2.52. The van der Waals surface area contributed by atoms with E-state index in [9.17, 15) is 0 Å². The van der Waals surface area contributed by atoms with E-state index >= 15 is 0 Å². The van der Waals surface area contributed by atoms with Crippen molar-refractivity contribution in [3.8, 4) is 0 Å². The molecule has 0 amide bonds. The predicted molar refractivity (Wildman–Crippen MR) is 91.1 cm³/mol. The summed E-state index contributed by atoms with van der Waals surface area (Å²) in [6.45, 7) is 5.30. The van der Waals surface area contributed by atoms with Gasteiger partial charge in [0.05, 0.1) is 22.8 Å². The first-order valence-electron chi connectivity index (χ1n) is 8.06. The van der Waals surface area contributed by atoms with E-state index < -0.39 is 0 Å². The number of rotatable bonds is 11. The first kappa shape index (κ1) is 19.7. The van der Waals surface area contributed by atoms with Gasteiger partial charge >= 0.3 is 0 Å². The molecule has 5 heteroatoms. The van der Waals surface area contributed by atoms with Gasteiger partial charge < -0.3 is 14.8 Å². The standard InChI is InChI=1S/C15H31N3.BrHO/c1-2-3-4-5-6-7-8-9-10-11-13-18-14-12-17-15(18)16;1-2/h2-14H2,1H3,(H2,16,17);2H. The molecule has 1 heterocycles. The third kappa shape index (κ3) is 10.5. The molecular formula is C15H32BrN3O. The third-order valence-electron chi connectivity index (χ3n) is 3.75. The molecular weight excluding hydrogens is 318 g/mol. The van der Waals surface area contributed by atoms with Crippen LogP contribution in [0.5, 0.6) is 0 Å².